The van der Waals surface area contributed by atoms with E-state index in [1.165, 1.54) is 11.3 Å². The first-order chi connectivity index (χ1) is 12.0. The highest BCUT2D eigenvalue weighted by Gasteiger charge is 2.34. The Balaban J connectivity index is 0.00000243. The number of rotatable bonds is 3. The lowest BCUT2D eigenvalue weighted by atomic mass is 10.1. The van der Waals surface area contributed by atoms with E-state index >= 15 is 0 Å². The van der Waals surface area contributed by atoms with Gasteiger partial charge < -0.3 is 10.2 Å². The first-order valence-corrected chi connectivity index (χ1v) is 8.93. The van der Waals surface area contributed by atoms with Crippen molar-refractivity contribution in [2.24, 2.45) is 4.99 Å². The molecule has 146 valence electrons. The van der Waals surface area contributed by atoms with Crippen LogP contribution in [0.4, 0.5) is 18.9 Å². The molecule has 1 N–H and O–H groups in total. The molecule has 2 fully saturated rings. The second-order valence-corrected chi connectivity index (χ2v) is 6.78. The van der Waals surface area contributed by atoms with Gasteiger partial charge in [-0.15, -0.1) is 24.0 Å². The van der Waals surface area contributed by atoms with E-state index in [4.69, 9.17) is 4.99 Å². The summed E-state index contributed by atoms with van der Waals surface area (Å²) in [6, 6.07) is 9.73. The molecule has 4 nitrogen and oxygen atoms in total. The molecule has 2 saturated heterocycles. The zero-order valence-electron chi connectivity index (χ0n) is 14.7. The van der Waals surface area contributed by atoms with Crippen molar-refractivity contribution < 1.29 is 13.2 Å². The van der Waals surface area contributed by atoms with Gasteiger partial charge in [0.15, 0.2) is 5.96 Å². The summed E-state index contributed by atoms with van der Waals surface area (Å²) in [4.78, 5) is 8.47. The summed E-state index contributed by atoms with van der Waals surface area (Å²) in [6.07, 6.45) is -0.000894. The van der Waals surface area contributed by atoms with Gasteiger partial charge in [-0.05, 0) is 37.8 Å². The predicted molar refractivity (Wildman–Crippen MR) is 109 cm³/mol. The number of guanidine groups is 1. The number of likely N-dealkylation sites (tertiary alicyclic amines) is 2. The van der Waals surface area contributed by atoms with Crippen LogP contribution in [0.2, 0.25) is 0 Å². The van der Waals surface area contributed by atoms with Gasteiger partial charge in [0.05, 0.1) is 12.6 Å². The third-order valence-corrected chi connectivity index (χ3v) is 4.64. The van der Waals surface area contributed by atoms with Crippen LogP contribution in [0.5, 0.6) is 0 Å². The molecule has 1 atom stereocenters. The number of hydrogen-bond acceptors (Lipinski definition) is 2. The maximum Gasteiger partial charge on any atom is 0.401 e. The maximum absolute atomic E-state index is 12.6. The van der Waals surface area contributed by atoms with Crippen molar-refractivity contribution in [3.63, 3.8) is 0 Å². The SMILES string of the molecule is FC(F)(F)CN1CCC(N=C(Nc2ccccc2)N2CCCCC2)C1.I. The van der Waals surface area contributed by atoms with Gasteiger partial charge in [0.1, 0.15) is 0 Å². The molecule has 1 unspecified atom stereocenters. The van der Waals surface area contributed by atoms with Crippen LogP contribution in [-0.2, 0) is 0 Å². The minimum atomic E-state index is -4.14. The Morgan fingerprint density at radius 3 is 2.42 bits per heavy atom. The van der Waals surface area contributed by atoms with Gasteiger partial charge in [-0.25, -0.2) is 4.99 Å². The summed E-state index contributed by atoms with van der Waals surface area (Å²) in [5.41, 5.74) is 0.956. The van der Waals surface area contributed by atoms with Gasteiger partial charge in [0.25, 0.3) is 0 Å². The topological polar surface area (TPSA) is 30.9 Å². The van der Waals surface area contributed by atoms with E-state index in [-0.39, 0.29) is 30.0 Å². The fourth-order valence-corrected chi connectivity index (χ4v) is 3.44. The number of nitrogens with zero attached hydrogens (tertiary/aromatic N) is 3. The van der Waals surface area contributed by atoms with E-state index in [2.05, 4.69) is 10.2 Å². The number of nitrogens with one attached hydrogen (secondary N) is 1. The quantitative estimate of drug-likeness (QED) is 0.398. The number of piperidine rings is 1. The van der Waals surface area contributed by atoms with Gasteiger partial charge >= 0.3 is 6.18 Å². The first kappa shape index (κ1) is 21.3. The first-order valence-electron chi connectivity index (χ1n) is 8.93. The third kappa shape index (κ3) is 6.61. The number of halogens is 4. The zero-order valence-corrected chi connectivity index (χ0v) is 17.0. The lowest BCUT2D eigenvalue weighted by Crippen LogP contribution is -2.41. The van der Waals surface area contributed by atoms with Gasteiger partial charge in [0, 0.05) is 31.9 Å². The fraction of sp³-hybridized carbons (Fsp3) is 0.611. The van der Waals surface area contributed by atoms with Crippen LogP contribution < -0.4 is 5.32 Å². The Morgan fingerprint density at radius 2 is 1.77 bits per heavy atom. The van der Waals surface area contributed by atoms with Crippen LogP contribution in [0.25, 0.3) is 0 Å². The summed E-state index contributed by atoms with van der Waals surface area (Å²) >= 11 is 0. The highest BCUT2D eigenvalue weighted by atomic mass is 127. The number of alkyl halides is 3. The van der Waals surface area contributed by atoms with Crippen LogP contribution >= 0.6 is 24.0 Å². The van der Waals surface area contributed by atoms with E-state index in [0.717, 1.165) is 37.6 Å². The summed E-state index contributed by atoms with van der Waals surface area (Å²) < 4.78 is 37.7. The Hall–Kier alpha value is -1.03. The molecule has 0 amide bonds. The molecule has 0 saturated carbocycles. The number of benzene rings is 1. The normalized spacial score (nSPS) is 22.2. The summed E-state index contributed by atoms with van der Waals surface area (Å²) in [5.74, 6) is 0.796. The number of hydrogen-bond donors (Lipinski definition) is 1. The minimum Gasteiger partial charge on any atom is -0.343 e. The van der Waals surface area contributed by atoms with Crippen molar-refractivity contribution in [1.29, 1.82) is 0 Å². The third-order valence-electron chi connectivity index (χ3n) is 4.64. The average Bonchev–Trinajstić information content (AvgIpc) is 3.01. The van der Waals surface area contributed by atoms with Gasteiger partial charge in [-0.2, -0.15) is 13.2 Å². The van der Waals surface area contributed by atoms with E-state index in [9.17, 15) is 13.2 Å². The van der Waals surface area contributed by atoms with E-state index in [1.807, 2.05) is 30.3 Å². The highest BCUT2D eigenvalue weighted by molar-refractivity contribution is 14.0. The summed E-state index contributed by atoms with van der Waals surface area (Å²) in [6.45, 7) is 1.86. The van der Waals surface area contributed by atoms with Gasteiger partial charge in [-0.1, -0.05) is 18.2 Å². The number of para-hydroxylation sites is 1. The monoisotopic (exact) mass is 482 g/mol. The molecule has 1 aromatic rings. The van der Waals surface area contributed by atoms with Crippen molar-refractivity contribution in [2.75, 3.05) is 38.0 Å². The molecule has 0 spiro atoms. The van der Waals surface area contributed by atoms with Crippen molar-refractivity contribution in [3.05, 3.63) is 30.3 Å². The van der Waals surface area contributed by atoms with Crippen LogP contribution in [0, 0.1) is 0 Å². The summed E-state index contributed by atoms with van der Waals surface area (Å²) in [7, 11) is 0. The van der Waals surface area contributed by atoms with Crippen molar-refractivity contribution in [3.8, 4) is 0 Å². The molecule has 0 bridgehead atoms. The van der Waals surface area contributed by atoms with E-state index in [0.29, 0.717) is 19.5 Å². The second-order valence-electron chi connectivity index (χ2n) is 6.78. The van der Waals surface area contributed by atoms with Crippen LogP contribution in [0.1, 0.15) is 25.7 Å². The molecule has 2 aliphatic heterocycles. The molecular weight excluding hydrogens is 456 g/mol. The molecule has 26 heavy (non-hydrogen) atoms. The van der Waals surface area contributed by atoms with Gasteiger partial charge in [-0.3, -0.25) is 4.90 Å². The van der Waals surface area contributed by atoms with Crippen molar-refractivity contribution >= 4 is 35.6 Å². The maximum atomic E-state index is 12.6. The molecule has 1 aromatic carbocycles. The highest BCUT2D eigenvalue weighted by Crippen LogP contribution is 2.22. The fourth-order valence-electron chi connectivity index (χ4n) is 3.44. The molecule has 0 aliphatic carbocycles. The Morgan fingerprint density at radius 1 is 1.08 bits per heavy atom. The summed E-state index contributed by atoms with van der Waals surface area (Å²) in [5, 5.41) is 3.37. The van der Waals surface area contributed by atoms with Crippen LogP contribution in [0.15, 0.2) is 35.3 Å². The molecule has 0 radical (unpaired) electrons. The van der Waals surface area contributed by atoms with E-state index in [1.54, 1.807) is 0 Å². The number of aliphatic imine (C=N–C) groups is 1. The Bertz CT molecular complexity index is 574. The molecule has 2 heterocycles. The van der Waals surface area contributed by atoms with Gasteiger partial charge in [0.2, 0.25) is 0 Å². The largest absolute Gasteiger partial charge is 0.401 e. The second kappa shape index (κ2) is 9.77. The molecule has 0 aromatic heterocycles. The standard InChI is InChI=1S/C18H25F3N4.HI/c19-18(20,21)14-24-12-9-16(13-24)23-17(25-10-5-2-6-11-25)22-15-7-3-1-4-8-15;/h1,3-4,7-8,16H,2,5-6,9-14H2,(H,22,23);1H. The number of anilines is 1. The Kier molecular flexibility index (Phi) is 8.00. The predicted octanol–water partition coefficient (Wildman–Crippen LogP) is 4.20. The minimum absolute atomic E-state index is 0. The van der Waals surface area contributed by atoms with E-state index < -0.39 is 12.7 Å². The molecular formula is C18H26F3IN4. The smallest absolute Gasteiger partial charge is 0.343 e. The lowest BCUT2D eigenvalue weighted by molar-refractivity contribution is -0.143. The van der Waals surface area contributed by atoms with Crippen LogP contribution in [0.3, 0.4) is 0 Å². The molecule has 8 heteroatoms. The lowest BCUT2D eigenvalue weighted by Gasteiger charge is -2.31. The van der Waals surface area contributed by atoms with Crippen molar-refractivity contribution in [1.82, 2.24) is 9.80 Å². The van der Waals surface area contributed by atoms with Crippen LogP contribution in [-0.4, -0.2) is 60.7 Å². The van der Waals surface area contributed by atoms with Crippen molar-refractivity contribution in [2.45, 2.75) is 37.9 Å². The molecule has 3 rings (SSSR count). The zero-order chi connectivity index (χ0) is 17.7. The molecule has 2 aliphatic rings. The average molecular weight is 482 g/mol. The Labute approximate surface area is 169 Å².